The molecule has 0 aliphatic heterocycles. The Labute approximate surface area is 156 Å². The minimum absolute atomic E-state index is 0.280. The average Bonchev–Trinajstić information content (AvgIpc) is 2.68. The molecule has 136 valence electrons. The second-order valence-electron chi connectivity index (χ2n) is 6.89. The van der Waals surface area contributed by atoms with E-state index in [0.717, 1.165) is 28.7 Å². The summed E-state index contributed by atoms with van der Waals surface area (Å²) >= 11 is 0. The van der Waals surface area contributed by atoms with Crippen LogP contribution in [0.5, 0.6) is 17.2 Å². The van der Waals surface area contributed by atoms with Gasteiger partial charge in [0.15, 0.2) is 0 Å². The van der Waals surface area contributed by atoms with Crippen LogP contribution in [0.2, 0.25) is 0 Å². The second-order valence-corrected chi connectivity index (χ2v) is 6.89. The van der Waals surface area contributed by atoms with Crippen LogP contribution < -0.4 is 4.74 Å². The van der Waals surface area contributed by atoms with Crippen molar-refractivity contribution < 1.29 is 9.84 Å². The number of unbranched alkanes of at least 4 members (excludes halogenated alkanes) is 5. The molecule has 0 radical (unpaired) electrons. The van der Waals surface area contributed by atoms with E-state index in [1.807, 2.05) is 42.5 Å². The Kier molecular flexibility index (Phi) is 6.54. The molecule has 0 saturated heterocycles. The largest absolute Gasteiger partial charge is 0.507 e. The fraction of sp³-hybridized carbons (Fsp3) is 0.333. The molecule has 0 aromatic heterocycles. The molecule has 0 spiro atoms. The van der Waals surface area contributed by atoms with Gasteiger partial charge in [-0.1, -0.05) is 75.4 Å². The molecule has 0 aliphatic rings. The summed E-state index contributed by atoms with van der Waals surface area (Å²) in [4.78, 5) is 0. The predicted octanol–water partition coefficient (Wildman–Crippen LogP) is 7.24. The van der Waals surface area contributed by atoms with Crippen LogP contribution in [-0.4, -0.2) is 5.11 Å². The van der Waals surface area contributed by atoms with Crippen LogP contribution >= 0.6 is 0 Å². The van der Waals surface area contributed by atoms with Crippen LogP contribution in [0.15, 0.2) is 60.7 Å². The van der Waals surface area contributed by atoms with Crippen molar-refractivity contribution in [2.24, 2.45) is 0 Å². The summed E-state index contributed by atoms with van der Waals surface area (Å²) in [7, 11) is 0. The lowest BCUT2D eigenvalue weighted by molar-refractivity contribution is 0.473. The molecule has 0 saturated carbocycles. The zero-order valence-corrected chi connectivity index (χ0v) is 15.6. The summed E-state index contributed by atoms with van der Waals surface area (Å²) in [6, 6.07) is 19.6. The van der Waals surface area contributed by atoms with Crippen molar-refractivity contribution in [3.05, 3.63) is 66.2 Å². The maximum Gasteiger partial charge on any atom is 0.135 e. The van der Waals surface area contributed by atoms with Gasteiger partial charge in [-0.3, -0.25) is 0 Å². The lowest BCUT2D eigenvalue weighted by Crippen LogP contribution is -1.89. The monoisotopic (exact) mass is 348 g/mol. The van der Waals surface area contributed by atoms with Crippen LogP contribution in [0.25, 0.3) is 10.8 Å². The maximum absolute atomic E-state index is 9.99. The summed E-state index contributed by atoms with van der Waals surface area (Å²) in [5.74, 6) is 1.87. The zero-order chi connectivity index (χ0) is 18.2. The van der Waals surface area contributed by atoms with Gasteiger partial charge in [0.2, 0.25) is 0 Å². The third-order valence-corrected chi connectivity index (χ3v) is 4.83. The van der Waals surface area contributed by atoms with Crippen molar-refractivity contribution in [1.29, 1.82) is 0 Å². The van der Waals surface area contributed by atoms with Gasteiger partial charge in [0, 0.05) is 10.8 Å². The minimum atomic E-state index is 0.280. The van der Waals surface area contributed by atoms with Crippen LogP contribution in [0.1, 0.15) is 51.0 Å². The van der Waals surface area contributed by atoms with E-state index in [4.69, 9.17) is 4.74 Å². The number of rotatable bonds is 9. The molecule has 0 bridgehead atoms. The van der Waals surface area contributed by atoms with Crippen molar-refractivity contribution in [3.8, 4) is 17.2 Å². The number of hydrogen-bond acceptors (Lipinski definition) is 2. The Morgan fingerprint density at radius 3 is 2.19 bits per heavy atom. The molecule has 3 aromatic rings. The Morgan fingerprint density at radius 1 is 0.731 bits per heavy atom. The number of ether oxygens (including phenoxy) is 1. The van der Waals surface area contributed by atoms with Gasteiger partial charge in [0.05, 0.1) is 0 Å². The summed E-state index contributed by atoms with van der Waals surface area (Å²) in [6.07, 6.45) is 9.08. The highest BCUT2D eigenvalue weighted by molar-refractivity contribution is 5.93. The van der Waals surface area contributed by atoms with Gasteiger partial charge < -0.3 is 9.84 Å². The first-order chi connectivity index (χ1) is 12.8. The summed E-state index contributed by atoms with van der Waals surface area (Å²) in [5, 5.41) is 11.7. The second kappa shape index (κ2) is 9.28. The summed E-state index contributed by atoms with van der Waals surface area (Å²) in [6.45, 7) is 2.25. The Hall–Kier alpha value is -2.48. The van der Waals surface area contributed by atoms with Crippen molar-refractivity contribution in [2.45, 2.75) is 51.9 Å². The molecule has 2 heteroatoms. The number of hydrogen-bond donors (Lipinski definition) is 1. The average molecular weight is 348 g/mol. The molecule has 0 amide bonds. The highest BCUT2D eigenvalue weighted by Crippen LogP contribution is 2.34. The fourth-order valence-electron chi connectivity index (χ4n) is 3.31. The van der Waals surface area contributed by atoms with Crippen LogP contribution in [0, 0.1) is 0 Å². The molecule has 0 fully saturated rings. The van der Waals surface area contributed by atoms with Crippen LogP contribution in [-0.2, 0) is 6.42 Å². The zero-order valence-electron chi connectivity index (χ0n) is 15.6. The fourth-order valence-corrected chi connectivity index (χ4v) is 3.31. The van der Waals surface area contributed by atoms with Crippen molar-refractivity contribution >= 4 is 10.8 Å². The van der Waals surface area contributed by atoms with Gasteiger partial charge in [0.25, 0.3) is 0 Å². The van der Waals surface area contributed by atoms with Crippen molar-refractivity contribution in [2.75, 3.05) is 0 Å². The van der Waals surface area contributed by atoms with E-state index >= 15 is 0 Å². The lowest BCUT2D eigenvalue weighted by Gasteiger charge is -2.10. The molecule has 26 heavy (non-hydrogen) atoms. The molecule has 0 aliphatic carbocycles. The van der Waals surface area contributed by atoms with E-state index in [1.165, 1.54) is 44.1 Å². The van der Waals surface area contributed by atoms with Gasteiger partial charge in [-0.05, 0) is 42.7 Å². The maximum atomic E-state index is 9.99. The molecule has 2 nitrogen and oxygen atoms in total. The van der Waals surface area contributed by atoms with Gasteiger partial charge in [0.1, 0.15) is 17.2 Å². The van der Waals surface area contributed by atoms with Gasteiger partial charge in [-0.25, -0.2) is 0 Å². The van der Waals surface area contributed by atoms with E-state index in [1.54, 1.807) is 6.07 Å². The van der Waals surface area contributed by atoms with Crippen LogP contribution in [0.3, 0.4) is 0 Å². The SMILES string of the molecule is CCCCCCCCc1ccc(Oc2ccc(O)c3ccccc23)cc1. The topological polar surface area (TPSA) is 29.5 Å². The van der Waals surface area contributed by atoms with E-state index in [9.17, 15) is 5.11 Å². The van der Waals surface area contributed by atoms with Gasteiger partial charge in [-0.2, -0.15) is 0 Å². The number of phenols is 1. The van der Waals surface area contributed by atoms with Crippen molar-refractivity contribution in [1.82, 2.24) is 0 Å². The van der Waals surface area contributed by atoms with Crippen molar-refractivity contribution in [3.63, 3.8) is 0 Å². The Morgan fingerprint density at radius 2 is 1.42 bits per heavy atom. The normalized spacial score (nSPS) is 11.0. The first-order valence-corrected chi connectivity index (χ1v) is 9.75. The lowest BCUT2D eigenvalue weighted by atomic mass is 10.0. The number of aromatic hydroxyl groups is 1. The third-order valence-electron chi connectivity index (χ3n) is 4.83. The van der Waals surface area contributed by atoms with Gasteiger partial charge in [-0.15, -0.1) is 0 Å². The number of aryl methyl sites for hydroxylation is 1. The van der Waals surface area contributed by atoms with E-state index in [0.29, 0.717) is 0 Å². The molecule has 0 unspecified atom stereocenters. The molecule has 3 aromatic carbocycles. The quantitative estimate of drug-likeness (QED) is 0.413. The number of fused-ring (bicyclic) bond motifs is 1. The predicted molar refractivity (Wildman–Crippen MR) is 109 cm³/mol. The first-order valence-electron chi connectivity index (χ1n) is 9.75. The van der Waals surface area contributed by atoms with Gasteiger partial charge >= 0.3 is 0 Å². The first kappa shape index (κ1) is 18.3. The molecule has 3 rings (SSSR count). The Bertz CT molecular complexity index is 821. The summed E-state index contributed by atoms with van der Waals surface area (Å²) in [5.41, 5.74) is 1.36. The summed E-state index contributed by atoms with van der Waals surface area (Å²) < 4.78 is 6.06. The highest BCUT2D eigenvalue weighted by Gasteiger charge is 2.07. The third kappa shape index (κ3) is 4.78. The number of phenolic OH excluding ortho intramolecular Hbond substituents is 1. The van der Waals surface area contributed by atoms with E-state index in [-0.39, 0.29) is 5.75 Å². The molecule has 1 N–H and O–H groups in total. The molecular formula is C24H28O2. The van der Waals surface area contributed by atoms with E-state index < -0.39 is 0 Å². The minimum Gasteiger partial charge on any atom is -0.507 e. The smallest absolute Gasteiger partial charge is 0.135 e. The van der Waals surface area contributed by atoms with E-state index in [2.05, 4.69) is 19.1 Å². The standard InChI is InChI=1S/C24H28O2/c1-2-3-4-5-6-7-10-19-13-15-20(16-14-19)26-24-18-17-23(25)21-11-8-9-12-22(21)24/h8-9,11-18,25H,2-7,10H2,1H3. The molecule has 0 heterocycles. The Balaban J connectivity index is 1.59. The molecule has 0 atom stereocenters. The van der Waals surface area contributed by atoms with Crippen LogP contribution in [0.4, 0.5) is 0 Å². The molecular weight excluding hydrogens is 320 g/mol. The number of benzene rings is 3. The highest BCUT2D eigenvalue weighted by atomic mass is 16.5.